The van der Waals surface area contributed by atoms with Gasteiger partial charge < -0.3 is 24.3 Å². The number of nitrogens with one attached hydrogen (secondary N) is 1. The molecule has 0 atom stereocenters. The second-order valence-electron chi connectivity index (χ2n) is 9.27. The van der Waals surface area contributed by atoms with Gasteiger partial charge in [0.25, 0.3) is 0 Å². The van der Waals surface area contributed by atoms with Crippen molar-refractivity contribution in [2.45, 2.75) is 89.9 Å². The van der Waals surface area contributed by atoms with Crippen molar-refractivity contribution in [2.24, 2.45) is 11.0 Å². The standard InChI is InChI=1S/C26H50N4O5/c27-30-29-16-18-33-20-22-35-24-23-34-21-19-32-17-14-26(31)28-15-10-6-4-2-1-3-5-7-11-25-12-8-9-13-25/h25H,1-24H2,(H,28,31). The van der Waals surface area contributed by atoms with Gasteiger partial charge in [0, 0.05) is 24.4 Å². The maximum absolute atomic E-state index is 11.8. The summed E-state index contributed by atoms with van der Waals surface area (Å²) < 4.78 is 21.4. The van der Waals surface area contributed by atoms with Gasteiger partial charge in [0.2, 0.25) is 5.91 Å². The maximum atomic E-state index is 11.8. The molecule has 1 aliphatic rings. The van der Waals surface area contributed by atoms with E-state index in [-0.39, 0.29) is 5.91 Å². The summed E-state index contributed by atoms with van der Waals surface area (Å²) in [5, 5.41) is 6.35. The third-order valence-electron chi connectivity index (χ3n) is 6.32. The second kappa shape index (κ2) is 25.7. The number of unbranched alkanes of at least 4 members (excludes halogenated alkanes) is 7. The molecule has 0 aromatic rings. The number of rotatable bonds is 26. The molecule has 0 bridgehead atoms. The van der Waals surface area contributed by atoms with Crippen LogP contribution in [0.25, 0.3) is 10.4 Å². The summed E-state index contributed by atoms with van der Waals surface area (Å²) in [7, 11) is 0. The fraction of sp³-hybridized carbons (Fsp3) is 0.962. The van der Waals surface area contributed by atoms with E-state index in [0.29, 0.717) is 65.8 Å². The second-order valence-corrected chi connectivity index (χ2v) is 9.27. The monoisotopic (exact) mass is 498 g/mol. The van der Waals surface area contributed by atoms with Gasteiger partial charge in [-0.05, 0) is 17.9 Å². The molecule has 0 unspecified atom stereocenters. The van der Waals surface area contributed by atoms with E-state index in [1.165, 1.54) is 77.0 Å². The van der Waals surface area contributed by atoms with Gasteiger partial charge in [0.15, 0.2) is 0 Å². The SMILES string of the molecule is [N-]=[N+]=NCCOCCOCCOCCOCCC(=O)NCCCCCCCCCCC1CCCC1. The molecule has 204 valence electrons. The van der Waals surface area contributed by atoms with Crippen LogP contribution in [0.2, 0.25) is 0 Å². The first-order chi connectivity index (χ1) is 17.3. The van der Waals surface area contributed by atoms with Crippen molar-refractivity contribution in [2.75, 3.05) is 65.9 Å². The molecule has 1 saturated carbocycles. The Bertz CT molecular complexity index is 526. The first kappa shape index (κ1) is 31.6. The number of carbonyl (C=O) groups is 1. The van der Waals surface area contributed by atoms with E-state index in [1.807, 2.05) is 0 Å². The van der Waals surface area contributed by atoms with Crippen LogP contribution in [0.1, 0.15) is 89.9 Å². The van der Waals surface area contributed by atoms with Gasteiger partial charge in [0.05, 0.1) is 52.9 Å². The molecular formula is C26H50N4O5. The zero-order chi connectivity index (χ0) is 25.1. The average molecular weight is 499 g/mol. The summed E-state index contributed by atoms with van der Waals surface area (Å²) in [6.45, 7) is 4.79. The van der Waals surface area contributed by atoms with E-state index in [0.717, 1.165) is 18.9 Å². The summed E-state index contributed by atoms with van der Waals surface area (Å²) in [4.78, 5) is 14.5. The zero-order valence-electron chi connectivity index (χ0n) is 21.9. The number of nitrogens with zero attached hydrogens (tertiary/aromatic N) is 3. The van der Waals surface area contributed by atoms with Crippen LogP contribution < -0.4 is 5.32 Å². The lowest BCUT2D eigenvalue weighted by Crippen LogP contribution is -2.25. The van der Waals surface area contributed by atoms with Gasteiger partial charge >= 0.3 is 0 Å². The molecule has 0 aromatic heterocycles. The fourth-order valence-electron chi connectivity index (χ4n) is 4.31. The Morgan fingerprint density at radius 3 is 1.86 bits per heavy atom. The Morgan fingerprint density at radius 1 is 0.743 bits per heavy atom. The van der Waals surface area contributed by atoms with E-state index in [1.54, 1.807) is 0 Å². The van der Waals surface area contributed by atoms with Gasteiger partial charge in [0.1, 0.15) is 0 Å². The van der Waals surface area contributed by atoms with Gasteiger partial charge in [-0.2, -0.15) is 0 Å². The minimum Gasteiger partial charge on any atom is -0.379 e. The van der Waals surface area contributed by atoms with Crippen LogP contribution in [0.3, 0.4) is 0 Å². The zero-order valence-corrected chi connectivity index (χ0v) is 21.9. The number of hydrogen-bond acceptors (Lipinski definition) is 6. The topological polar surface area (TPSA) is 115 Å². The highest BCUT2D eigenvalue weighted by molar-refractivity contribution is 5.75. The van der Waals surface area contributed by atoms with E-state index >= 15 is 0 Å². The van der Waals surface area contributed by atoms with Crippen LogP contribution in [0.4, 0.5) is 0 Å². The molecule has 1 amide bonds. The fourth-order valence-corrected chi connectivity index (χ4v) is 4.31. The minimum absolute atomic E-state index is 0.0585. The third kappa shape index (κ3) is 22.8. The molecule has 0 saturated heterocycles. The molecule has 1 aliphatic carbocycles. The van der Waals surface area contributed by atoms with Crippen molar-refractivity contribution in [1.29, 1.82) is 0 Å². The molecule has 1 N–H and O–H groups in total. The Kier molecular flexibility index (Phi) is 23.2. The average Bonchev–Trinajstić information content (AvgIpc) is 3.38. The summed E-state index contributed by atoms with van der Waals surface area (Å²) in [6, 6.07) is 0. The lowest BCUT2D eigenvalue weighted by Gasteiger charge is -2.08. The Hall–Kier alpha value is -1.38. The van der Waals surface area contributed by atoms with Crippen molar-refractivity contribution in [3.05, 3.63) is 10.4 Å². The van der Waals surface area contributed by atoms with Crippen molar-refractivity contribution in [1.82, 2.24) is 5.32 Å². The normalized spacial score (nSPS) is 13.7. The van der Waals surface area contributed by atoms with Crippen LogP contribution in [0.5, 0.6) is 0 Å². The van der Waals surface area contributed by atoms with Gasteiger partial charge in [-0.25, -0.2) is 0 Å². The van der Waals surface area contributed by atoms with E-state index in [9.17, 15) is 4.79 Å². The largest absolute Gasteiger partial charge is 0.379 e. The number of ether oxygens (including phenoxy) is 4. The first-order valence-electron chi connectivity index (χ1n) is 13.9. The molecule has 35 heavy (non-hydrogen) atoms. The quantitative estimate of drug-likeness (QED) is 0.0724. The van der Waals surface area contributed by atoms with Gasteiger partial charge in [-0.15, -0.1) is 0 Å². The van der Waals surface area contributed by atoms with Crippen LogP contribution in [-0.2, 0) is 23.7 Å². The molecule has 0 heterocycles. The Morgan fingerprint density at radius 2 is 1.26 bits per heavy atom. The highest BCUT2D eigenvalue weighted by Crippen LogP contribution is 2.29. The molecule has 1 fully saturated rings. The highest BCUT2D eigenvalue weighted by Gasteiger charge is 2.13. The highest BCUT2D eigenvalue weighted by atomic mass is 16.6. The summed E-state index contributed by atoms with van der Waals surface area (Å²) >= 11 is 0. The number of carbonyl (C=O) groups excluding carboxylic acids is 1. The summed E-state index contributed by atoms with van der Waals surface area (Å²) in [5.74, 6) is 1.10. The smallest absolute Gasteiger partial charge is 0.222 e. The van der Waals surface area contributed by atoms with E-state index in [2.05, 4.69) is 15.3 Å². The lowest BCUT2D eigenvalue weighted by atomic mass is 9.99. The molecule has 9 heteroatoms. The molecule has 0 spiro atoms. The number of hydrogen-bond donors (Lipinski definition) is 1. The molecule has 9 nitrogen and oxygen atoms in total. The molecular weight excluding hydrogens is 448 g/mol. The van der Waals surface area contributed by atoms with Crippen LogP contribution in [-0.4, -0.2) is 71.9 Å². The summed E-state index contributed by atoms with van der Waals surface area (Å²) in [6.07, 6.45) is 18.2. The van der Waals surface area contributed by atoms with Crippen molar-refractivity contribution in [3.8, 4) is 0 Å². The van der Waals surface area contributed by atoms with Crippen LogP contribution >= 0.6 is 0 Å². The Labute approximate surface area is 212 Å². The molecule has 1 rings (SSSR count). The van der Waals surface area contributed by atoms with Crippen LogP contribution in [0.15, 0.2) is 5.11 Å². The van der Waals surface area contributed by atoms with Crippen molar-refractivity contribution >= 4 is 5.91 Å². The van der Waals surface area contributed by atoms with Gasteiger partial charge in [-0.3, -0.25) is 4.79 Å². The third-order valence-corrected chi connectivity index (χ3v) is 6.32. The molecule has 0 radical (unpaired) electrons. The molecule has 0 aromatic carbocycles. The van der Waals surface area contributed by atoms with Gasteiger partial charge in [-0.1, -0.05) is 82.2 Å². The Balaban J connectivity index is 1.68. The summed E-state index contributed by atoms with van der Waals surface area (Å²) in [5.41, 5.74) is 8.12. The number of amides is 1. The first-order valence-corrected chi connectivity index (χ1v) is 13.9. The maximum Gasteiger partial charge on any atom is 0.222 e. The predicted octanol–water partition coefficient (Wildman–Crippen LogP) is 5.57. The molecule has 0 aliphatic heterocycles. The van der Waals surface area contributed by atoms with Crippen molar-refractivity contribution < 1.29 is 23.7 Å². The van der Waals surface area contributed by atoms with Crippen LogP contribution in [0, 0.1) is 5.92 Å². The van der Waals surface area contributed by atoms with Crippen molar-refractivity contribution in [3.63, 3.8) is 0 Å². The predicted molar refractivity (Wildman–Crippen MR) is 138 cm³/mol. The number of azide groups is 1. The van der Waals surface area contributed by atoms with E-state index < -0.39 is 0 Å². The van der Waals surface area contributed by atoms with E-state index in [4.69, 9.17) is 24.5 Å². The lowest BCUT2D eigenvalue weighted by molar-refractivity contribution is -0.122. The minimum atomic E-state index is 0.0585.